The third-order valence-corrected chi connectivity index (χ3v) is 22.0. The van der Waals surface area contributed by atoms with Crippen LogP contribution in [0.2, 0.25) is 0 Å². The van der Waals surface area contributed by atoms with Gasteiger partial charge in [-0.25, -0.2) is 29.9 Å². The maximum Gasteiger partial charge on any atom is 0.164 e. The molecule has 0 saturated heterocycles. The van der Waals surface area contributed by atoms with Crippen LogP contribution in [0, 0.1) is 22.7 Å². The van der Waals surface area contributed by atoms with Crippen molar-refractivity contribution in [1.82, 2.24) is 48.2 Å². The second-order valence-electron chi connectivity index (χ2n) is 28.7. The van der Waals surface area contributed by atoms with E-state index in [1.54, 1.807) is 0 Å². The van der Waals surface area contributed by atoms with Gasteiger partial charge < -0.3 is 18.3 Å². The first-order chi connectivity index (χ1) is 57.5. The van der Waals surface area contributed by atoms with E-state index in [-0.39, 0.29) is 0 Å². The van der Waals surface area contributed by atoms with Crippen LogP contribution in [0.3, 0.4) is 0 Å². The molecule has 540 valence electrons. The summed E-state index contributed by atoms with van der Waals surface area (Å²) >= 11 is 0. The number of para-hydroxylation sites is 6. The number of nitrogens with zero attached hydrogens (tertiary/aromatic N) is 12. The summed E-state index contributed by atoms with van der Waals surface area (Å²) in [6.07, 6.45) is 0. The topological polar surface area (TPSA) is 145 Å². The van der Waals surface area contributed by atoms with Crippen LogP contribution in [0.15, 0.2) is 388 Å². The van der Waals surface area contributed by atoms with E-state index in [1.165, 1.54) is 32.3 Å². The lowest BCUT2D eigenvalue weighted by atomic mass is 9.96. The summed E-state index contributed by atoms with van der Waals surface area (Å²) in [6.45, 7) is 0. The smallest absolute Gasteiger partial charge is 0.164 e. The molecule has 12 nitrogen and oxygen atoms in total. The summed E-state index contributed by atoms with van der Waals surface area (Å²) in [4.78, 5) is 29.4. The summed E-state index contributed by atoms with van der Waals surface area (Å²) in [7, 11) is 0. The fraction of sp³-hybridized carbons (Fsp3) is 0. The Morgan fingerprint density at radius 1 is 0.181 bits per heavy atom. The number of hydrogen-bond acceptors (Lipinski definition) is 8. The molecule has 12 heteroatoms. The monoisotopic (exact) mass is 1480 g/mol. The molecule has 0 spiro atoms. The second kappa shape index (κ2) is 28.5. The van der Waals surface area contributed by atoms with Crippen molar-refractivity contribution in [3.8, 4) is 125 Å². The molecular formula is C104H64N12. The highest BCUT2D eigenvalue weighted by Crippen LogP contribution is 2.47. The fourth-order valence-electron chi connectivity index (χ4n) is 16.8. The van der Waals surface area contributed by atoms with Crippen molar-refractivity contribution in [2.45, 2.75) is 0 Å². The van der Waals surface area contributed by atoms with Gasteiger partial charge in [0.1, 0.15) is 0 Å². The zero-order valence-electron chi connectivity index (χ0n) is 62.3. The molecule has 6 heterocycles. The highest BCUT2D eigenvalue weighted by atomic mass is 15.1. The quantitative estimate of drug-likeness (QED) is 0.118. The van der Waals surface area contributed by atoms with Crippen LogP contribution in [0.5, 0.6) is 0 Å². The summed E-state index contributed by atoms with van der Waals surface area (Å²) in [5.74, 6) is 3.32. The lowest BCUT2D eigenvalue weighted by Gasteiger charge is -2.11. The minimum absolute atomic E-state index is 0.508. The Kier molecular flexibility index (Phi) is 16.7. The SMILES string of the molecule is N#Cc1cc(-c2nc(-c3ccccc3)nc(-c3ccccc3)n2)ccc1-c1ccc2c(c1)c1c3c4ccccc4n(-c4ccccc4)c3ccc1n2-c1ccccc1.N#Cc1cc(-c2nc(-c3ccccc3)nc(-c3ccccc3)n2)ccc1-c1ccc2c3c4c5ccccc5n(-c5ccccc5)c4ccc3n(-c3ccccc3)c2c1. The Morgan fingerprint density at radius 2 is 0.431 bits per heavy atom. The Balaban J connectivity index is 0.000000145. The van der Waals surface area contributed by atoms with E-state index in [9.17, 15) is 10.5 Å². The molecule has 0 atom stereocenters. The first kappa shape index (κ1) is 67.8. The summed E-state index contributed by atoms with van der Waals surface area (Å²) in [6, 6.07) is 138. The summed E-state index contributed by atoms with van der Waals surface area (Å²) in [5, 5.41) is 30.8. The van der Waals surface area contributed by atoms with Crippen LogP contribution >= 0.6 is 0 Å². The molecule has 0 aliphatic carbocycles. The van der Waals surface area contributed by atoms with Crippen molar-refractivity contribution in [2.75, 3.05) is 0 Å². The van der Waals surface area contributed by atoms with Gasteiger partial charge in [0.2, 0.25) is 0 Å². The van der Waals surface area contributed by atoms with Gasteiger partial charge in [-0.15, -0.1) is 0 Å². The molecule has 6 aromatic heterocycles. The van der Waals surface area contributed by atoms with Crippen molar-refractivity contribution in [2.24, 2.45) is 0 Å². The Bertz CT molecular complexity index is 7560. The molecule has 22 aromatic rings. The first-order valence-electron chi connectivity index (χ1n) is 38.5. The van der Waals surface area contributed by atoms with E-state index >= 15 is 0 Å². The normalized spacial score (nSPS) is 11.4. The number of hydrogen-bond donors (Lipinski definition) is 0. The van der Waals surface area contributed by atoms with Gasteiger partial charge in [-0.1, -0.05) is 273 Å². The van der Waals surface area contributed by atoms with Crippen LogP contribution < -0.4 is 0 Å². The van der Waals surface area contributed by atoms with E-state index in [0.29, 0.717) is 46.1 Å². The molecule has 0 aliphatic rings. The van der Waals surface area contributed by atoms with Gasteiger partial charge in [0.05, 0.1) is 67.4 Å². The summed E-state index contributed by atoms with van der Waals surface area (Å²) < 4.78 is 9.43. The van der Waals surface area contributed by atoms with Crippen molar-refractivity contribution in [1.29, 1.82) is 10.5 Å². The molecule has 0 aliphatic heterocycles. The number of fused-ring (bicyclic) bond motifs is 14. The van der Waals surface area contributed by atoms with Gasteiger partial charge in [0, 0.05) is 99.2 Å². The molecule has 0 unspecified atom stereocenters. The van der Waals surface area contributed by atoms with Gasteiger partial charge in [-0.05, 0) is 138 Å². The standard InChI is InChI=1S/2C52H32N6/c53-33-38-31-37(52-55-50(34-15-5-1-6-16-34)54-51(56-52)35-17-7-2-8-18-35)26-27-41(38)36-25-28-43-47(32-36)58(40-21-11-4-12-22-40)46-30-29-45-48(49(43)46)42-23-13-14-24-44(42)57(45)39-19-9-3-10-20-39;53-33-38-31-37(52-55-50(34-15-5-1-6-16-34)54-51(56-52)35-17-7-2-8-18-35)25-27-41(38)36-26-28-45-43(32-36)49-47(58(45)40-21-11-4-12-22-40)30-29-46-48(49)42-23-13-14-24-44(42)57(46)39-19-9-3-10-20-39/h2*1-32H. The first-order valence-corrected chi connectivity index (χ1v) is 38.5. The van der Waals surface area contributed by atoms with Crippen molar-refractivity contribution < 1.29 is 0 Å². The molecule has 16 aromatic carbocycles. The zero-order valence-corrected chi connectivity index (χ0v) is 62.3. The van der Waals surface area contributed by atoms with Gasteiger partial charge in [0.15, 0.2) is 34.9 Å². The maximum atomic E-state index is 10.7. The van der Waals surface area contributed by atoms with Crippen LogP contribution in [0.4, 0.5) is 0 Å². The molecule has 0 N–H and O–H groups in total. The molecule has 0 bridgehead atoms. The van der Waals surface area contributed by atoms with Crippen LogP contribution in [-0.2, 0) is 0 Å². The van der Waals surface area contributed by atoms with Crippen LogP contribution in [0.25, 0.3) is 201 Å². The molecule has 0 saturated carbocycles. The number of rotatable bonds is 12. The average molecular weight is 1480 g/mol. The zero-order chi connectivity index (χ0) is 77.2. The molecule has 116 heavy (non-hydrogen) atoms. The molecule has 0 fully saturated rings. The Labute approximate surface area is 666 Å². The Morgan fingerprint density at radius 3 is 0.776 bits per heavy atom. The van der Waals surface area contributed by atoms with Crippen LogP contribution in [-0.4, -0.2) is 48.2 Å². The average Bonchev–Trinajstić information content (AvgIpc) is 1.55. The maximum absolute atomic E-state index is 10.7. The molecular weight excluding hydrogens is 1420 g/mol. The van der Waals surface area contributed by atoms with Crippen molar-refractivity contribution in [3.05, 3.63) is 399 Å². The van der Waals surface area contributed by atoms with Crippen molar-refractivity contribution >= 4 is 87.2 Å². The lowest BCUT2D eigenvalue weighted by Crippen LogP contribution is -2.00. The van der Waals surface area contributed by atoms with Crippen LogP contribution in [0.1, 0.15) is 11.1 Å². The molecule has 0 amide bonds. The molecule has 0 radical (unpaired) electrons. The minimum atomic E-state index is 0.508. The third-order valence-electron chi connectivity index (χ3n) is 22.0. The minimum Gasteiger partial charge on any atom is -0.309 e. The predicted molar refractivity (Wildman–Crippen MR) is 470 cm³/mol. The van der Waals surface area contributed by atoms with E-state index in [0.717, 1.165) is 133 Å². The number of nitriles is 2. The predicted octanol–water partition coefficient (Wildman–Crippen LogP) is 25.2. The largest absolute Gasteiger partial charge is 0.309 e. The highest BCUT2D eigenvalue weighted by Gasteiger charge is 2.26. The third kappa shape index (κ3) is 11.7. The highest BCUT2D eigenvalue weighted by molar-refractivity contribution is 6.31. The Hall–Kier alpha value is -16.3. The van der Waals surface area contributed by atoms with Gasteiger partial charge in [0.25, 0.3) is 0 Å². The number of benzene rings is 16. The van der Waals surface area contributed by atoms with E-state index in [4.69, 9.17) is 29.9 Å². The number of aromatic nitrogens is 10. The lowest BCUT2D eigenvalue weighted by molar-refractivity contribution is 1.07. The molecule has 22 rings (SSSR count). The van der Waals surface area contributed by atoms with Gasteiger partial charge in [-0.2, -0.15) is 10.5 Å². The van der Waals surface area contributed by atoms with E-state index in [2.05, 4.69) is 255 Å². The summed E-state index contributed by atoms with van der Waals surface area (Å²) in [5.41, 5.74) is 23.1. The fourth-order valence-corrected chi connectivity index (χ4v) is 16.8. The second-order valence-corrected chi connectivity index (χ2v) is 28.7. The van der Waals surface area contributed by atoms with Gasteiger partial charge >= 0.3 is 0 Å². The van der Waals surface area contributed by atoms with E-state index < -0.39 is 0 Å². The van der Waals surface area contributed by atoms with E-state index in [1.807, 2.05) is 164 Å². The van der Waals surface area contributed by atoms with Gasteiger partial charge in [-0.3, -0.25) is 0 Å². The van der Waals surface area contributed by atoms with Crippen molar-refractivity contribution in [3.63, 3.8) is 0 Å².